The SMILES string of the molecule is C[N+]12CCC(CC1)C(Cl)C2.[I-]. The van der Waals surface area contributed by atoms with Gasteiger partial charge in [0.25, 0.3) is 0 Å². The molecule has 0 N–H and O–H groups in total. The van der Waals surface area contributed by atoms with Crippen molar-refractivity contribution in [2.45, 2.75) is 18.2 Å². The molecule has 3 fully saturated rings. The molecular formula is C8H15ClIN. The summed E-state index contributed by atoms with van der Waals surface area (Å²) < 4.78 is 1.24. The van der Waals surface area contributed by atoms with Crippen molar-refractivity contribution in [3.05, 3.63) is 0 Å². The van der Waals surface area contributed by atoms with Gasteiger partial charge >= 0.3 is 0 Å². The molecule has 3 heteroatoms. The minimum absolute atomic E-state index is 0. The number of hydrogen-bond donors (Lipinski definition) is 0. The predicted molar refractivity (Wildman–Crippen MR) is 43.2 cm³/mol. The summed E-state index contributed by atoms with van der Waals surface area (Å²) in [5.41, 5.74) is 0. The molecule has 11 heavy (non-hydrogen) atoms. The van der Waals surface area contributed by atoms with Crippen LogP contribution in [0.1, 0.15) is 12.8 Å². The lowest BCUT2D eigenvalue weighted by Gasteiger charge is -2.48. The van der Waals surface area contributed by atoms with Crippen LogP contribution in [0.3, 0.4) is 0 Å². The minimum atomic E-state index is 0. The average Bonchev–Trinajstić information content (AvgIpc) is 1.87. The van der Waals surface area contributed by atoms with Crippen molar-refractivity contribution in [3.63, 3.8) is 0 Å². The Kier molecular flexibility index (Phi) is 3.09. The molecule has 0 aromatic rings. The van der Waals surface area contributed by atoms with E-state index >= 15 is 0 Å². The van der Waals surface area contributed by atoms with Crippen LogP contribution >= 0.6 is 11.6 Å². The molecule has 0 spiro atoms. The van der Waals surface area contributed by atoms with Gasteiger partial charge in [-0.05, 0) is 5.92 Å². The summed E-state index contributed by atoms with van der Waals surface area (Å²) in [5, 5.41) is 0.479. The zero-order chi connectivity index (χ0) is 7.19. The van der Waals surface area contributed by atoms with Crippen LogP contribution in [0.4, 0.5) is 0 Å². The summed E-state index contributed by atoms with van der Waals surface area (Å²) >= 11 is 6.19. The van der Waals surface area contributed by atoms with Gasteiger partial charge in [0.1, 0.15) is 0 Å². The van der Waals surface area contributed by atoms with Gasteiger partial charge in [-0.3, -0.25) is 0 Å². The molecule has 0 aromatic carbocycles. The molecule has 2 bridgehead atoms. The molecule has 1 atom stereocenters. The molecule has 0 aromatic heterocycles. The highest BCUT2D eigenvalue weighted by molar-refractivity contribution is 6.21. The normalized spacial score (nSPS) is 48.5. The average molecular weight is 288 g/mol. The lowest BCUT2D eigenvalue weighted by atomic mass is 9.86. The van der Waals surface area contributed by atoms with E-state index < -0.39 is 0 Å². The fourth-order valence-corrected chi connectivity index (χ4v) is 2.91. The molecule has 0 amide bonds. The summed E-state index contributed by atoms with van der Waals surface area (Å²) in [6.45, 7) is 3.95. The van der Waals surface area contributed by atoms with Crippen molar-refractivity contribution in [2.75, 3.05) is 26.7 Å². The number of fused-ring (bicyclic) bond motifs is 3. The van der Waals surface area contributed by atoms with E-state index in [1.807, 2.05) is 0 Å². The van der Waals surface area contributed by atoms with Gasteiger partial charge in [-0.25, -0.2) is 0 Å². The zero-order valence-corrected chi connectivity index (χ0v) is 9.81. The van der Waals surface area contributed by atoms with Crippen molar-refractivity contribution in [2.24, 2.45) is 5.92 Å². The number of quaternary nitrogens is 1. The van der Waals surface area contributed by atoms with Crippen LogP contribution in [0, 0.1) is 5.92 Å². The highest BCUT2D eigenvalue weighted by Crippen LogP contribution is 2.34. The number of rotatable bonds is 0. The van der Waals surface area contributed by atoms with Gasteiger partial charge in [-0.2, -0.15) is 0 Å². The first-order valence-corrected chi connectivity index (χ1v) is 4.61. The maximum Gasteiger partial charge on any atom is 0.0953 e. The molecule has 1 unspecified atom stereocenters. The first-order valence-electron chi connectivity index (χ1n) is 4.17. The molecule has 0 radical (unpaired) electrons. The van der Waals surface area contributed by atoms with Gasteiger partial charge in [0.15, 0.2) is 0 Å². The Morgan fingerprint density at radius 2 is 1.82 bits per heavy atom. The van der Waals surface area contributed by atoms with E-state index in [9.17, 15) is 0 Å². The Bertz CT molecular complexity index is 143. The molecule has 66 valence electrons. The maximum absolute atomic E-state index is 6.19. The van der Waals surface area contributed by atoms with Crippen molar-refractivity contribution in [1.82, 2.24) is 0 Å². The predicted octanol–water partition coefficient (Wildman–Crippen LogP) is -1.53. The third kappa shape index (κ3) is 1.83. The number of nitrogens with zero attached hydrogens (tertiary/aromatic N) is 1. The molecule has 0 saturated carbocycles. The fourth-order valence-electron chi connectivity index (χ4n) is 2.33. The highest BCUT2D eigenvalue weighted by atomic mass is 127. The van der Waals surface area contributed by atoms with Crippen molar-refractivity contribution in [1.29, 1.82) is 0 Å². The van der Waals surface area contributed by atoms with Crippen LogP contribution < -0.4 is 24.0 Å². The summed E-state index contributed by atoms with van der Waals surface area (Å²) in [5.74, 6) is 0.849. The maximum atomic E-state index is 6.19. The third-order valence-corrected chi connectivity index (χ3v) is 3.70. The van der Waals surface area contributed by atoms with E-state index in [2.05, 4.69) is 7.05 Å². The monoisotopic (exact) mass is 287 g/mol. The molecule has 3 rings (SSSR count). The van der Waals surface area contributed by atoms with Crippen LogP contribution in [-0.4, -0.2) is 36.5 Å². The van der Waals surface area contributed by atoms with Crippen molar-refractivity contribution < 1.29 is 28.5 Å². The number of alkyl halides is 1. The fraction of sp³-hybridized carbons (Fsp3) is 1.00. The quantitative estimate of drug-likeness (QED) is 0.288. The molecule has 1 nitrogen and oxygen atoms in total. The second kappa shape index (κ2) is 3.38. The molecule has 3 saturated heterocycles. The third-order valence-electron chi connectivity index (χ3n) is 3.21. The van der Waals surface area contributed by atoms with Crippen LogP contribution in [0.5, 0.6) is 0 Å². The van der Waals surface area contributed by atoms with E-state index in [0.29, 0.717) is 5.38 Å². The summed E-state index contributed by atoms with van der Waals surface area (Å²) in [7, 11) is 2.34. The van der Waals surface area contributed by atoms with E-state index in [4.69, 9.17) is 11.6 Å². The van der Waals surface area contributed by atoms with E-state index in [1.165, 1.54) is 37.0 Å². The van der Waals surface area contributed by atoms with E-state index in [1.54, 1.807) is 0 Å². The van der Waals surface area contributed by atoms with Crippen LogP contribution in [-0.2, 0) is 0 Å². The van der Waals surface area contributed by atoms with Gasteiger partial charge in [0.05, 0.1) is 32.1 Å². The van der Waals surface area contributed by atoms with Crippen molar-refractivity contribution >= 4 is 11.6 Å². The van der Waals surface area contributed by atoms with Crippen LogP contribution in [0.25, 0.3) is 0 Å². The molecule has 3 aliphatic rings. The highest BCUT2D eigenvalue weighted by Gasteiger charge is 2.42. The molecule has 3 aliphatic heterocycles. The number of hydrogen-bond acceptors (Lipinski definition) is 0. The Morgan fingerprint density at radius 3 is 2.09 bits per heavy atom. The zero-order valence-electron chi connectivity index (χ0n) is 6.89. The summed E-state index contributed by atoms with van der Waals surface area (Å²) in [6, 6.07) is 0. The lowest BCUT2D eigenvalue weighted by Crippen LogP contribution is -3.00. The first kappa shape index (κ1) is 10.1. The number of piperidine rings is 3. The smallest absolute Gasteiger partial charge is 0.0953 e. The largest absolute Gasteiger partial charge is 1.00 e. The van der Waals surface area contributed by atoms with Gasteiger partial charge in [0, 0.05) is 12.8 Å². The summed E-state index contributed by atoms with van der Waals surface area (Å²) in [4.78, 5) is 0. The molecule has 3 heterocycles. The standard InChI is InChI=1S/C8H15ClN.HI/c1-10-4-2-7(3-5-10)8(9)6-10;/h7-8H,2-6H2,1H3;1H/q+1;/p-1. The topological polar surface area (TPSA) is 0 Å². The van der Waals surface area contributed by atoms with Gasteiger partial charge in [-0.15, -0.1) is 11.6 Å². The molecular weight excluding hydrogens is 272 g/mol. The first-order chi connectivity index (χ1) is 4.70. The Hall–Kier alpha value is 0.980. The van der Waals surface area contributed by atoms with E-state index in [-0.39, 0.29) is 24.0 Å². The second-order valence-corrected chi connectivity index (χ2v) is 4.66. The van der Waals surface area contributed by atoms with E-state index in [0.717, 1.165) is 5.92 Å². The van der Waals surface area contributed by atoms with Crippen LogP contribution in [0.2, 0.25) is 0 Å². The molecule has 0 aliphatic carbocycles. The Morgan fingerprint density at radius 1 is 1.27 bits per heavy atom. The second-order valence-electron chi connectivity index (χ2n) is 4.10. The van der Waals surface area contributed by atoms with Crippen LogP contribution in [0.15, 0.2) is 0 Å². The Balaban J connectivity index is 0.000000605. The van der Waals surface area contributed by atoms with Gasteiger partial charge < -0.3 is 28.5 Å². The Labute approximate surface area is 90.7 Å². The lowest BCUT2D eigenvalue weighted by molar-refractivity contribution is -0.923. The van der Waals surface area contributed by atoms with Crippen molar-refractivity contribution in [3.8, 4) is 0 Å². The minimum Gasteiger partial charge on any atom is -1.00 e. The van der Waals surface area contributed by atoms with Gasteiger partial charge in [0.2, 0.25) is 0 Å². The van der Waals surface area contributed by atoms with Gasteiger partial charge in [-0.1, -0.05) is 0 Å². The summed E-state index contributed by atoms with van der Waals surface area (Å²) in [6.07, 6.45) is 2.73. The number of halogens is 2.